The summed E-state index contributed by atoms with van der Waals surface area (Å²) < 4.78 is 15.0. The Morgan fingerprint density at radius 2 is 2.00 bits per heavy atom. The highest BCUT2D eigenvalue weighted by atomic mass is 16.6. The molecule has 0 unspecified atom stereocenters. The highest BCUT2D eigenvalue weighted by Crippen LogP contribution is 2.36. The predicted octanol–water partition coefficient (Wildman–Crippen LogP) is 1.39. The molecular weight excluding hydrogens is 440 g/mol. The zero-order chi connectivity index (χ0) is 23.8. The second-order valence-electron chi connectivity index (χ2n) is 7.99. The van der Waals surface area contributed by atoms with Gasteiger partial charge in [-0.05, 0) is 24.6 Å². The van der Waals surface area contributed by atoms with Gasteiger partial charge in [-0.2, -0.15) is 15.3 Å². The van der Waals surface area contributed by atoms with Crippen molar-refractivity contribution in [3.63, 3.8) is 0 Å². The summed E-state index contributed by atoms with van der Waals surface area (Å²) in [5.41, 5.74) is 2.79. The SMILES string of the molecule is C[C@H]1O[C@@H](n2c(Nc3cnn(C)c3)nc3c(OCc4ccc(C#N)cc4)ncnc32)[C@H](O)[C@@H]1O. The molecule has 3 N–H and O–H groups in total. The second-order valence-corrected chi connectivity index (χ2v) is 7.99. The van der Waals surface area contributed by atoms with E-state index in [0.717, 1.165) is 5.56 Å². The van der Waals surface area contributed by atoms with E-state index in [0.29, 0.717) is 28.4 Å². The highest BCUT2D eigenvalue weighted by Gasteiger charge is 2.43. The van der Waals surface area contributed by atoms with Crippen LogP contribution in [0.5, 0.6) is 5.88 Å². The molecule has 0 radical (unpaired) electrons. The minimum atomic E-state index is -1.19. The van der Waals surface area contributed by atoms with Gasteiger partial charge in [-0.15, -0.1) is 0 Å². The number of nitriles is 1. The Kier molecular flexibility index (Phi) is 5.58. The number of nitrogens with zero attached hydrogens (tertiary/aromatic N) is 7. The smallest absolute Gasteiger partial charge is 0.245 e. The van der Waals surface area contributed by atoms with E-state index in [4.69, 9.17) is 14.7 Å². The molecule has 4 aromatic rings. The minimum Gasteiger partial charge on any atom is -0.471 e. The number of aliphatic hydroxyl groups excluding tert-OH is 2. The summed E-state index contributed by atoms with van der Waals surface area (Å²) in [6, 6.07) is 9.11. The van der Waals surface area contributed by atoms with Crippen LogP contribution >= 0.6 is 0 Å². The standard InChI is InChI=1S/C22H22N8O4/c1-12-17(31)18(32)21(34-12)30-19-16(28-22(30)27-15-8-26-29(2)9-15)20(25-11-24-19)33-10-14-5-3-13(7-23)4-6-14/h3-6,8-9,11-12,17-18,21,31-32H,10H2,1-2H3,(H,27,28)/t12-,17-,18-,21-/m1/s1. The van der Waals surface area contributed by atoms with Gasteiger partial charge in [0, 0.05) is 13.2 Å². The molecule has 174 valence electrons. The summed E-state index contributed by atoms with van der Waals surface area (Å²) in [5.74, 6) is 0.556. The Balaban J connectivity index is 1.53. The summed E-state index contributed by atoms with van der Waals surface area (Å²) in [6.45, 7) is 1.89. The first-order valence-corrected chi connectivity index (χ1v) is 10.6. The number of aromatic nitrogens is 6. The zero-order valence-corrected chi connectivity index (χ0v) is 18.4. The molecule has 1 aromatic carbocycles. The molecule has 0 saturated carbocycles. The van der Waals surface area contributed by atoms with Crippen molar-refractivity contribution in [2.45, 2.75) is 38.1 Å². The normalized spacial score (nSPS) is 22.1. The Morgan fingerprint density at radius 1 is 1.21 bits per heavy atom. The van der Waals surface area contributed by atoms with Gasteiger partial charge in [-0.25, -0.2) is 9.97 Å². The minimum absolute atomic E-state index is 0.203. The third kappa shape index (κ3) is 3.92. The lowest BCUT2D eigenvalue weighted by molar-refractivity contribution is -0.0286. The van der Waals surface area contributed by atoms with Crippen molar-refractivity contribution in [3.05, 3.63) is 54.1 Å². The first-order chi connectivity index (χ1) is 16.4. The van der Waals surface area contributed by atoms with Crippen LogP contribution in [-0.2, 0) is 18.4 Å². The maximum Gasteiger partial charge on any atom is 0.245 e. The van der Waals surface area contributed by atoms with Gasteiger partial charge in [0.2, 0.25) is 11.8 Å². The molecule has 4 atom stereocenters. The van der Waals surface area contributed by atoms with Crippen LogP contribution in [0.3, 0.4) is 0 Å². The van der Waals surface area contributed by atoms with Crippen molar-refractivity contribution >= 4 is 22.8 Å². The highest BCUT2D eigenvalue weighted by molar-refractivity contribution is 5.80. The van der Waals surface area contributed by atoms with Gasteiger partial charge in [0.15, 0.2) is 17.4 Å². The maximum absolute atomic E-state index is 10.7. The number of hydrogen-bond acceptors (Lipinski definition) is 10. The van der Waals surface area contributed by atoms with Crippen molar-refractivity contribution in [3.8, 4) is 11.9 Å². The van der Waals surface area contributed by atoms with Crippen LogP contribution in [-0.4, -0.2) is 57.8 Å². The number of benzene rings is 1. The van der Waals surface area contributed by atoms with Crippen LogP contribution in [0, 0.1) is 11.3 Å². The van der Waals surface area contributed by atoms with Gasteiger partial charge in [0.25, 0.3) is 0 Å². The molecule has 1 aliphatic heterocycles. The molecule has 3 aromatic heterocycles. The molecule has 12 heteroatoms. The summed E-state index contributed by atoms with van der Waals surface area (Å²) in [4.78, 5) is 13.2. The van der Waals surface area contributed by atoms with Crippen LogP contribution < -0.4 is 10.1 Å². The van der Waals surface area contributed by atoms with Gasteiger partial charge in [-0.1, -0.05) is 12.1 Å². The van der Waals surface area contributed by atoms with Crippen molar-refractivity contribution in [1.29, 1.82) is 5.26 Å². The van der Waals surface area contributed by atoms with Gasteiger partial charge >= 0.3 is 0 Å². The van der Waals surface area contributed by atoms with E-state index >= 15 is 0 Å². The molecule has 34 heavy (non-hydrogen) atoms. The first-order valence-electron chi connectivity index (χ1n) is 10.6. The molecule has 1 fully saturated rings. The molecule has 1 aliphatic rings. The summed E-state index contributed by atoms with van der Waals surface area (Å²) >= 11 is 0. The number of imidazole rings is 1. The van der Waals surface area contributed by atoms with Crippen molar-refractivity contribution in [2.24, 2.45) is 7.05 Å². The van der Waals surface area contributed by atoms with Crippen molar-refractivity contribution in [1.82, 2.24) is 29.3 Å². The molecule has 0 spiro atoms. The molecule has 5 rings (SSSR count). The van der Waals surface area contributed by atoms with Crippen LogP contribution in [0.4, 0.5) is 11.6 Å². The topological polar surface area (TPSA) is 156 Å². The Labute approximate surface area is 194 Å². The van der Waals surface area contributed by atoms with E-state index in [-0.39, 0.29) is 12.5 Å². The van der Waals surface area contributed by atoms with E-state index in [1.165, 1.54) is 6.33 Å². The summed E-state index contributed by atoms with van der Waals surface area (Å²) in [7, 11) is 1.79. The monoisotopic (exact) mass is 462 g/mol. The lowest BCUT2D eigenvalue weighted by Crippen LogP contribution is -2.30. The largest absolute Gasteiger partial charge is 0.471 e. The predicted molar refractivity (Wildman–Crippen MR) is 119 cm³/mol. The third-order valence-corrected chi connectivity index (χ3v) is 5.59. The zero-order valence-electron chi connectivity index (χ0n) is 18.4. The van der Waals surface area contributed by atoms with Gasteiger partial charge in [0.05, 0.1) is 29.6 Å². The molecule has 1 saturated heterocycles. The van der Waals surface area contributed by atoms with Crippen LogP contribution in [0.15, 0.2) is 43.0 Å². The lowest BCUT2D eigenvalue weighted by Gasteiger charge is -2.19. The van der Waals surface area contributed by atoms with Crippen LogP contribution in [0.1, 0.15) is 24.3 Å². The lowest BCUT2D eigenvalue weighted by atomic mass is 10.1. The fourth-order valence-electron chi connectivity index (χ4n) is 3.81. The molecule has 0 aliphatic carbocycles. The molecular formula is C22H22N8O4. The molecule has 0 amide bonds. The van der Waals surface area contributed by atoms with E-state index < -0.39 is 24.5 Å². The number of nitrogens with one attached hydrogen (secondary N) is 1. The van der Waals surface area contributed by atoms with Gasteiger partial charge in [-0.3, -0.25) is 9.25 Å². The fourth-order valence-corrected chi connectivity index (χ4v) is 3.81. The average molecular weight is 462 g/mol. The summed E-state index contributed by atoms with van der Waals surface area (Å²) in [6.07, 6.45) is 0.946. The molecule has 12 nitrogen and oxygen atoms in total. The maximum atomic E-state index is 10.7. The fraction of sp³-hybridized carbons (Fsp3) is 0.318. The summed E-state index contributed by atoms with van der Waals surface area (Å²) in [5, 5.41) is 37.2. The van der Waals surface area contributed by atoms with Crippen molar-refractivity contribution < 1.29 is 19.7 Å². The third-order valence-electron chi connectivity index (χ3n) is 5.59. The van der Waals surface area contributed by atoms with E-state index in [2.05, 4.69) is 31.4 Å². The number of aliphatic hydroxyl groups is 2. The van der Waals surface area contributed by atoms with E-state index in [1.54, 1.807) is 59.9 Å². The van der Waals surface area contributed by atoms with Crippen LogP contribution in [0.25, 0.3) is 11.2 Å². The van der Waals surface area contributed by atoms with E-state index in [9.17, 15) is 10.2 Å². The van der Waals surface area contributed by atoms with Gasteiger partial charge in [0.1, 0.15) is 25.1 Å². The average Bonchev–Trinajstić information content (AvgIpc) is 3.49. The first kappa shape index (κ1) is 21.8. The van der Waals surface area contributed by atoms with E-state index in [1.807, 2.05) is 0 Å². The number of anilines is 2. The Hall–Kier alpha value is -4.05. The molecule has 0 bridgehead atoms. The number of aryl methyl sites for hydroxylation is 1. The number of fused-ring (bicyclic) bond motifs is 1. The van der Waals surface area contributed by atoms with Gasteiger partial charge < -0.3 is 25.0 Å². The quantitative estimate of drug-likeness (QED) is 0.383. The second kappa shape index (κ2) is 8.71. The van der Waals surface area contributed by atoms with Crippen LogP contribution in [0.2, 0.25) is 0 Å². The number of hydrogen-bond donors (Lipinski definition) is 3. The molecule has 4 heterocycles. The Bertz CT molecular complexity index is 1360. The number of ether oxygens (including phenoxy) is 2. The Morgan fingerprint density at radius 3 is 2.65 bits per heavy atom. The van der Waals surface area contributed by atoms with Crippen molar-refractivity contribution in [2.75, 3.05) is 5.32 Å². The number of rotatable bonds is 6.